The molecule has 2 rings (SSSR count). The van der Waals surface area contributed by atoms with E-state index < -0.39 is 30.3 Å². The summed E-state index contributed by atoms with van der Waals surface area (Å²) in [5.74, 6) is -2.84. The molecule has 0 unspecified atom stereocenters. The fourth-order valence-corrected chi connectivity index (χ4v) is 2.59. The van der Waals surface area contributed by atoms with Gasteiger partial charge in [0.25, 0.3) is 5.91 Å². The van der Waals surface area contributed by atoms with Crippen molar-refractivity contribution in [2.75, 3.05) is 19.0 Å². The molecule has 1 heterocycles. The van der Waals surface area contributed by atoms with E-state index in [1.807, 2.05) is 0 Å². The first-order chi connectivity index (χ1) is 13.2. The van der Waals surface area contributed by atoms with Crippen molar-refractivity contribution in [1.29, 1.82) is 0 Å². The third-order valence-electron chi connectivity index (χ3n) is 3.88. The number of nitrogens with one attached hydrogen (secondary N) is 2. The number of aromatic nitrogens is 1. The third-order valence-corrected chi connectivity index (χ3v) is 3.88. The van der Waals surface area contributed by atoms with E-state index in [0.717, 1.165) is 0 Å². The third kappa shape index (κ3) is 5.03. The molecule has 28 heavy (non-hydrogen) atoms. The van der Waals surface area contributed by atoms with E-state index >= 15 is 0 Å². The van der Waals surface area contributed by atoms with E-state index in [0.29, 0.717) is 11.3 Å². The van der Waals surface area contributed by atoms with E-state index in [9.17, 15) is 23.6 Å². The summed E-state index contributed by atoms with van der Waals surface area (Å²) < 4.78 is 22.4. The second kappa shape index (κ2) is 8.94. The first-order valence-electron chi connectivity index (χ1n) is 8.24. The van der Waals surface area contributed by atoms with Gasteiger partial charge in [0.1, 0.15) is 5.82 Å². The van der Waals surface area contributed by atoms with Gasteiger partial charge in [-0.1, -0.05) is 0 Å². The fourth-order valence-electron chi connectivity index (χ4n) is 2.59. The molecule has 0 aliphatic rings. The lowest BCUT2D eigenvalue weighted by atomic mass is 10.1. The van der Waals surface area contributed by atoms with Gasteiger partial charge in [-0.2, -0.15) is 0 Å². The molecule has 1 aromatic carbocycles. The molecule has 0 spiro atoms. The predicted molar refractivity (Wildman–Crippen MR) is 96.6 cm³/mol. The zero-order valence-corrected chi connectivity index (χ0v) is 15.6. The van der Waals surface area contributed by atoms with Crippen LogP contribution in [0.25, 0.3) is 0 Å². The van der Waals surface area contributed by atoms with Crippen LogP contribution in [0.2, 0.25) is 0 Å². The van der Waals surface area contributed by atoms with Crippen molar-refractivity contribution in [3.8, 4) is 0 Å². The van der Waals surface area contributed by atoms with E-state index in [-0.39, 0.29) is 29.2 Å². The summed E-state index contributed by atoms with van der Waals surface area (Å²) in [7, 11) is 1.18. The molecular formula is C19H19FN2O6. The highest BCUT2D eigenvalue weighted by molar-refractivity contribution is 6.01. The van der Waals surface area contributed by atoms with Crippen LogP contribution in [-0.4, -0.2) is 42.3 Å². The van der Waals surface area contributed by atoms with Crippen LogP contribution in [0, 0.1) is 12.7 Å². The fraction of sp³-hybridized carbons (Fsp3) is 0.263. The highest BCUT2D eigenvalue weighted by atomic mass is 19.1. The van der Waals surface area contributed by atoms with E-state index in [1.54, 1.807) is 6.92 Å². The largest absolute Gasteiger partial charge is 0.465 e. The van der Waals surface area contributed by atoms with Gasteiger partial charge < -0.3 is 19.8 Å². The van der Waals surface area contributed by atoms with Crippen LogP contribution >= 0.6 is 0 Å². The van der Waals surface area contributed by atoms with Gasteiger partial charge in [-0.15, -0.1) is 0 Å². The van der Waals surface area contributed by atoms with Crippen LogP contribution in [-0.2, 0) is 25.5 Å². The lowest BCUT2D eigenvalue weighted by molar-refractivity contribution is -0.146. The Labute approximate surface area is 160 Å². The number of hydrogen-bond acceptors (Lipinski definition) is 6. The van der Waals surface area contributed by atoms with Crippen molar-refractivity contribution in [2.45, 2.75) is 20.3 Å². The van der Waals surface area contributed by atoms with Crippen LogP contribution in [0.4, 0.5) is 10.1 Å². The number of halogens is 1. The number of carbonyl (C=O) groups excluding carboxylic acids is 4. The number of rotatable bonds is 7. The van der Waals surface area contributed by atoms with Gasteiger partial charge in [0.2, 0.25) is 0 Å². The first-order valence-corrected chi connectivity index (χ1v) is 8.24. The molecule has 0 aliphatic heterocycles. The molecule has 0 bridgehead atoms. The van der Waals surface area contributed by atoms with Gasteiger partial charge in [-0.25, -0.2) is 9.18 Å². The maximum Gasteiger partial charge on any atom is 0.339 e. The molecule has 0 saturated heterocycles. The summed E-state index contributed by atoms with van der Waals surface area (Å²) in [4.78, 5) is 50.2. The average molecular weight is 390 g/mol. The number of ether oxygens (including phenoxy) is 2. The van der Waals surface area contributed by atoms with Crippen LogP contribution in [0.1, 0.15) is 39.0 Å². The highest BCUT2D eigenvalue weighted by Crippen LogP contribution is 2.21. The van der Waals surface area contributed by atoms with Gasteiger partial charge in [0, 0.05) is 18.3 Å². The van der Waals surface area contributed by atoms with Crippen molar-refractivity contribution in [3.05, 3.63) is 52.6 Å². The number of hydrogen-bond donors (Lipinski definition) is 2. The molecule has 8 nitrogen and oxygen atoms in total. The topological polar surface area (TPSA) is 115 Å². The van der Waals surface area contributed by atoms with Crippen LogP contribution in [0.5, 0.6) is 0 Å². The summed E-state index contributed by atoms with van der Waals surface area (Å²) in [5.41, 5.74) is 1.16. The zero-order valence-electron chi connectivity index (χ0n) is 15.6. The summed E-state index contributed by atoms with van der Waals surface area (Å²) in [6, 6.07) is 5.08. The molecule has 0 radical (unpaired) electrons. The van der Waals surface area contributed by atoms with E-state index in [1.165, 1.54) is 38.3 Å². The van der Waals surface area contributed by atoms with E-state index in [2.05, 4.69) is 10.3 Å². The Morgan fingerprint density at radius 2 is 1.79 bits per heavy atom. The Balaban J connectivity index is 2.01. The molecule has 0 fully saturated rings. The van der Waals surface area contributed by atoms with Crippen molar-refractivity contribution in [2.24, 2.45) is 0 Å². The Kier molecular flexibility index (Phi) is 6.64. The second-order valence-electron chi connectivity index (χ2n) is 5.92. The average Bonchev–Trinajstić information content (AvgIpc) is 2.97. The number of methoxy groups -OCH3 is 1. The number of ketones is 1. The normalized spacial score (nSPS) is 10.3. The molecule has 1 aromatic heterocycles. The zero-order chi connectivity index (χ0) is 20.8. The number of benzene rings is 1. The molecule has 0 aliphatic carbocycles. The quantitative estimate of drug-likeness (QED) is 0.553. The Bertz CT molecular complexity index is 917. The summed E-state index contributed by atoms with van der Waals surface area (Å²) >= 11 is 0. The maximum atomic E-state index is 12.8. The molecule has 2 N–H and O–H groups in total. The molecular weight excluding hydrogens is 371 g/mol. The minimum absolute atomic E-state index is 0.0837. The summed E-state index contributed by atoms with van der Waals surface area (Å²) in [6.45, 7) is 2.31. The second-order valence-corrected chi connectivity index (χ2v) is 5.92. The van der Waals surface area contributed by atoms with Crippen molar-refractivity contribution in [1.82, 2.24) is 4.98 Å². The SMILES string of the molecule is COC(=O)c1c(CC(=O)OCC(=O)Nc2ccc(F)cc2)[nH]c(C(C)=O)c1C. The Morgan fingerprint density at radius 1 is 1.14 bits per heavy atom. The van der Waals surface area contributed by atoms with Gasteiger partial charge in [-0.3, -0.25) is 14.4 Å². The Morgan fingerprint density at radius 3 is 2.36 bits per heavy atom. The molecule has 2 aromatic rings. The molecule has 0 saturated carbocycles. The highest BCUT2D eigenvalue weighted by Gasteiger charge is 2.25. The van der Waals surface area contributed by atoms with Crippen molar-refractivity contribution < 1.29 is 33.0 Å². The number of aromatic amines is 1. The van der Waals surface area contributed by atoms with Gasteiger partial charge in [0.05, 0.1) is 24.8 Å². The van der Waals surface area contributed by atoms with Crippen molar-refractivity contribution >= 4 is 29.3 Å². The number of esters is 2. The van der Waals surface area contributed by atoms with E-state index in [4.69, 9.17) is 9.47 Å². The molecule has 9 heteroatoms. The van der Waals surface area contributed by atoms with Gasteiger partial charge in [0.15, 0.2) is 12.4 Å². The van der Waals surface area contributed by atoms with Crippen LogP contribution in [0.15, 0.2) is 24.3 Å². The first kappa shape index (κ1) is 20.8. The van der Waals surface area contributed by atoms with Gasteiger partial charge >= 0.3 is 11.9 Å². The summed E-state index contributed by atoms with van der Waals surface area (Å²) in [5, 5.41) is 2.45. The minimum Gasteiger partial charge on any atom is -0.465 e. The molecule has 1 amide bonds. The van der Waals surface area contributed by atoms with Crippen LogP contribution < -0.4 is 5.32 Å². The monoisotopic (exact) mass is 390 g/mol. The smallest absolute Gasteiger partial charge is 0.339 e. The maximum absolute atomic E-state index is 12.8. The standard InChI is InChI=1S/C19H19FN2O6/c1-10-17(19(26)27-3)14(22-18(10)11(2)23)8-16(25)28-9-15(24)21-13-6-4-12(20)5-7-13/h4-7,22H,8-9H2,1-3H3,(H,21,24). The lowest BCUT2D eigenvalue weighted by Crippen LogP contribution is -2.22. The molecule has 148 valence electrons. The Hall–Kier alpha value is -3.49. The van der Waals surface area contributed by atoms with Crippen molar-refractivity contribution in [3.63, 3.8) is 0 Å². The molecule has 0 atom stereocenters. The predicted octanol–water partition coefficient (Wildman–Crippen LogP) is 2.18. The number of anilines is 1. The minimum atomic E-state index is -0.782. The lowest BCUT2D eigenvalue weighted by Gasteiger charge is -2.07. The number of carbonyl (C=O) groups is 4. The van der Waals surface area contributed by atoms with Crippen LogP contribution in [0.3, 0.4) is 0 Å². The van der Waals surface area contributed by atoms with Gasteiger partial charge in [-0.05, 0) is 36.8 Å². The number of Topliss-reactive ketones (excluding diaryl/α,β-unsaturated/α-hetero) is 1. The number of H-pyrrole nitrogens is 1. The summed E-state index contributed by atoms with van der Waals surface area (Å²) in [6.07, 6.45) is -0.359. The number of amides is 1.